The number of hydrogen-bond donors (Lipinski definition) is 1. The lowest BCUT2D eigenvalue weighted by atomic mass is 10.1. The quantitative estimate of drug-likeness (QED) is 0.906. The minimum absolute atomic E-state index is 0.108. The SMILES string of the molecule is NCCc1cccc(Br)c1OC1CCS(=O)(=O)C1. The van der Waals surface area contributed by atoms with Gasteiger partial charge < -0.3 is 10.5 Å². The van der Waals surface area contributed by atoms with E-state index < -0.39 is 9.84 Å². The van der Waals surface area contributed by atoms with Gasteiger partial charge >= 0.3 is 0 Å². The highest BCUT2D eigenvalue weighted by molar-refractivity contribution is 9.10. The minimum Gasteiger partial charge on any atom is -0.488 e. The van der Waals surface area contributed by atoms with E-state index in [9.17, 15) is 8.42 Å². The summed E-state index contributed by atoms with van der Waals surface area (Å²) in [5.41, 5.74) is 6.57. The van der Waals surface area contributed by atoms with Gasteiger partial charge in [-0.2, -0.15) is 0 Å². The van der Waals surface area contributed by atoms with Crippen LogP contribution in [0.5, 0.6) is 5.75 Å². The highest BCUT2D eigenvalue weighted by atomic mass is 79.9. The Morgan fingerprint density at radius 3 is 2.83 bits per heavy atom. The summed E-state index contributed by atoms with van der Waals surface area (Å²) in [7, 11) is -2.92. The molecular formula is C12H16BrNO3S. The number of sulfone groups is 1. The van der Waals surface area contributed by atoms with E-state index in [4.69, 9.17) is 10.5 Å². The van der Waals surface area contributed by atoms with E-state index in [0.717, 1.165) is 15.8 Å². The van der Waals surface area contributed by atoms with Crippen molar-refractivity contribution in [3.63, 3.8) is 0 Å². The molecule has 0 bridgehead atoms. The van der Waals surface area contributed by atoms with Crippen molar-refractivity contribution < 1.29 is 13.2 Å². The van der Waals surface area contributed by atoms with E-state index in [1.165, 1.54) is 0 Å². The monoisotopic (exact) mass is 333 g/mol. The lowest BCUT2D eigenvalue weighted by Gasteiger charge is -2.17. The van der Waals surface area contributed by atoms with Crippen LogP contribution in [-0.4, -0.2) is 32.6 Å². The highest BCUT2D eigenvalue weighted by Crippen LogP contribution is 2.31. The average molecular weight is 334 g/mol. The third-order valence-electron chi connectivity index (χ3n) is 2.94. The lowest BCUT2D eigenvalue weighted by Crippen LogP contribution is -2.19. The molecule has 100 valence electrons. The van der Waals surface area contributed by atoms with Crippen LogP contribution in [-0.2, 0) is 16.3 Å². The first-order valence-corrected chi connectivity index (χ1v) is 8.48. The first-order valence-electron chi connectivity index (χ1n) is 5.86. The fraction of sp³-hybridized carbons (Fsp3) is 0.500. The van der Waals surface area contributed by atoms with Gasteiger partial charge in [0, 0.05) is 0 Å². The second-order valence-corrected chi connectivity index (χ2v) is 7.49. The fourth-order valence-corrected chi connectivity index (χ4v) is 4.15. The summed E-state index contributed by atoms with van der Waals surface area (Å²) in [6.45, 7) is 0.537. The predicted molar refractivity (Wildman–Crippen MR) is 74.6 cm³/mol. The summed E-state index contributed by atoms with van der Waals surface area (Å²) in [6, 6.07) is 5.77. The molecule has 2 rings (SSSR count). The van der Waals surface area contributed by atoms with Crippen molar-refractivity contribution in [3.05, 3.63) is 28.2 Å². The minimum atomic E-state index is -2.92. The zero-order valence-corrected chi connectivity index (χ0v) is 12.3. The molecule has 1 atom stereocenters. The number of ether oxygens (including phenoxy) is 1. The number of nitrogens with two attached hydrogens (primary N) is 1. The first kappa shape index (κ1) is 13.8. The molecule has 1 fully saturated rings. The van der Waals surface area contributed by atoms with Crippen LogP contribution < -0.4 is 10.5 Å². The van der Waals surface area contributed by atoms with E-state index in [1.807, 2.05) is 18.2 Å². The largest absolute Gasteiger partial charge is 0.488 e. The third-order valence-corrected chi connectivity index (χ3v) is 5.30. The molecule has 2 N–H and O–H groups in total. The Kier molecular flexibility index (Phi) is 4.29. The summed E-state index contributed by atoms with van der Waals surface area (Å²) >= 11 is 3.44. The summed E-state index contributed by atoms with van der Waals surface area (Å²) in [5.74, 6) is 1.05. The maximum absolute atomic E-state index is 11.4. The Labute approximate surface area is 116 Å². The van der Waals surface area contributed by atoms with E-state index in [2.05, 4.69) is 15.9 Å². The first-order chi connectivity index (χ1) is 8.52. The standard InChI is InChI=1S/C12H16BrNO3S/c13-11-3-1-2-9(4-6-14)12(11)17-10-5-7-18(15,16)8-10/h1-3,10H,4-8,14H2. The zero-order valence-electron chi connectivity index (χ0n) is 9.93. The van der Waals surface area contributed by atoms with Gasteiger partial charge in [-0.3, -0.25) is 0 Å². The summed E-state index contributed by atoms with van der Waals surface area (Å²) in [5, 5.41) is 0. The Bertz CT molecular complexity index is 530. The van der Waals surface area contributed by atoms with E-state index >= 15 is 0 Å². The van der Waals surface area contributed by atoms with Gasteiger partial charge in [0.05, 0.1) is 16.0 Å². The van der Waals surface area contributed by atoms with E-state index in [0.29, 0.717) is 19.4 Å². The van der Waals surface area contributed by atoms with Crippen LogP contribution >= 0.6 is 15.9 Å². The van der Waals surface area contributed by atoms with Crippen molar-refractivity contribution in [2.24, 2.45) is 5.73 Å². The number of para-hydroxylation sites is 1. The van der Waals surface area contributed by atoms with Crippen LogP contribution in [0, 0.1) is 0 Å². The van der Waals surface area contributed by atoms with Crippen molar-refractivity contribution in [1.82, 2.24) is 0 Å². The van der Waals surface area contributed by atoms with Crippen molar-refractivity contribution in [2.75, 3.05) is 18.1 Å². The van der Waals surface area contributed by atoms with Crippen LogP contribution in [0.4, 0.5) is 0 Å². The Morgan fingerprint density at radius 1 is 1.44 bits per heavy atom. The molecule has 1 aromatic carbocycles. The normalized spacial score (nSPS) is 22.0. The molecule has 1 aliphatic rings. The molecule has 6 heteroatoms. The van der Waals surface area contributed by atoms with Crippen molar-refractivity contribution in [2.45, 2.75) is 18.9 Å². The predicted octanol–water partition coefficient (Wildman–Crippen LogP) is 1.52. The summed E-state index contributed by atoms with van der Waals surface area (Å²) in [4.78, 5) is 0. The number of halogens is 1. The molecule has 1 aliphatic heterocycles. The van der Waals surface area contributed by atoms with Crippen LogP contribution in [0.15, 0.2) is 22.7 Å². The molecule has 18 heavy (non-hydrogen) atoms. The van der Waals surface area contributed by atoms with Crippen LogP contribution in [0.25, 0.3) is 0 Å². The van der Waals surface area contributed by atoms with E-state index in [-0.39, 0.29) is 17.6 Å². The van der Waals surface area contributed by atoms with Crippen molar-refractivity contribution in [1.29, 1.82) is 0 Å². The summed E-state index contributed by atoms with van der Waals surface area (Å²) in [6.07, 6.45) is 1.03. The van der Waals surface area contributed by atoms with Crippen molar-refractivity contribution >= 4 is 25.8 Å². The molecule has 0 aromatic heterocycles. The number of benzene rings is 1. The van der Waals surface area contributed by atoms with Crippen LogP contribution in [0.1, 0.15) is 12.0 Å². The highest BCUT2D eigenvalue weighted by Gasteiger charge is 2.30. The van der Waals surface area contributed by atoms with Gasteiger partial charge in [-0.15, -0.1) is 0 Å². The molecule has 0 spiro atoms. The van der Waals surface area contributed by atoms with Gasteiger partial charge in [-0.1, -0.05) is 12.1 Å². The Hall–Kier alpha value is -0.590. The molecule has 1 aromatic rings. The van der Waals surface area contributed by atoms with Crippen LogP contribution in [0.2, 0.25) is 0 Å². The fourth-order valence-electron chi connectivity index (χ4n) is 2.06. The molecule has 0 aliphatic carbocycles. The summed E-state index contributed by atoms with van der Waals surface area (Å²) < 4.78 is 29.5. The molecule has 0 radical (unpaired) electrons. The second kappa shape index (κ2) is 5.59. The lowest BCUT2D eigenvalue weighted by molar-refractivity contribution is 0.225. The topological polar surface area (TPSA) is 69.4 Å². The zero-order chi connectivity index (χ0) is 13.2. The van der Waals surface area contributed by atoms with Gasteiger partial charge in [0.1, 0.15) is 11.9 Å². The van der Waals surface area contributed by atoms with Gasteiger partial charge in [-0.05, 0) is 46.9 Å². The molecule has 4 nitrogen and oxygen atoms in total. The maximum Gasteiger partial charge on any atom is 0.154 e. The number of hydrogen-bond acceptors (Lipinski definition) is 4. The average Bonchev–Trinajstić information content (AvgIpc) is 2.63. The van der Waals surface area contributed by atoms with Gasteiger partial charge in [0.2, 0.25) is 0 Å². The van der Waals surface area contributed by atoms with E-state index in [1.54, 1.807) is 0 Å². The molecule has 1 saturated heterocycles. The van der Waals surface area contributed by atoms with Crippen molar-refractivity contribution in [3.8, 4) is 5.75 Å². The maximum atomic E-state index is 11.4. The van der Waals surface area contributed by atoms with Gasteiger partial charge in [0.25, 0.3) is 0 Å². The smallest absolute Gasteiger partial charge is 0.154 e. The number of rotatable bonds is 4. The van der Waals surface area contributed by atoms with Crippen LogP contribution in [0.3, 0.4) is 0 Å². The Morgan fingerprint density at radius 2 is 2.22 bits per heavy atom. The molecule has 0 amide bonds. The molecule has 1 unspecified atom stereocenters. The second-order valence-electron chi connectivity index (χ2n) is 4.41. The third kappa shape index (κ3) is 3.24. The molecule has 1 heterocycles. The molecule has 0 saturated carbocycles. The molecular weight excluding hydrogens is 318 g/mol. The Balaban J connectivity index is 2.18. The van der Waals surface area contributed by atoms with Gasteiger partial charge in [0.15, 0.2) is 9.84 Å². The van der Waals surface area contributed by atoms with Gasteiger partial charge in [-0.25, -0.2) is 8.42 Å².